The van der Waals surface area contributed by atoms with Crippen LogP contribution in [0.5, 0.6) is 5.75 Å². The molecule has 2 aromatic carbocycles. The van der Waals surface area contributed by atoms with Crippen LogP contribution >= 0.6 is 0 Å². The van der Waals surface area contributed by atoms with Crippen LogP contribution in [-0.2, 0) is 20.9 Å². The Morgan fingerprint density at radius 2 is 2.10 bits per heavy atom. The maximum atomic E-state index is 12.8. The molecule has 1 saturated heterocycles. The first kappa shape index (κ1) is 18.9. The molecule has 29 heavy (non-hydrogen) atoms. The molecule has 8 heteroatoms. The van der Waals surface area contributed by atoms with Crippen LogP contribution < -0.4 is 15.0 Å². The standard InChI is InChI=1S/C21H22N4O4/c1-28-12-19-23-15-8-7-14(10-16(15)24-19)22-21(27)13-9-20(26)25(11-13)17-5-3-4-6-18(17)29-2/h3-8,10,13H,9,11-12H2,1-2H3,(H,22,27)(H,23,24)/t13-/m0/s1. The minimum atomic E-state index is -0.436. The fourth-order valence-corrected chi connectivity index (χ4v) is 3.56. The number of hydrogen-bond acceptors (Lipinski definition) is 5. The van der Waals surface area contributed by atoms with E-state index in [1.165, 1.54) is 0 Å². The van der Waals surface area contributed by atoms with Gasteiger partial charge in [0, 0.05) is 25.8 Å². The molecule has 2 N–H and O–H groups in total. The van der Waals surface area contributed by atoms with Crippen LogP contribution in [0.15, 0.2) is 42.5 Å². The SMILES string of the molecule is COCc1nc2ccc(NC(=O)[C@H]3CC(=O)N(c4ccccc4OC)C3)cc2[nH]1. The van der Waals surface area contributed by atoms with Gasteiger partial charge in [-0.3, -0.25) is 9.59 Å². The van der Waals surface area contributed by atoms with Gasteiger partial charge in [0.1, 0.15) is 18.2 Å². The lowest BCUT2D eigenvalue weighted by atomic mass is 10.1. The summed E-state index contributed by atoms with van der Waals surface area (Å²) in [5.41, 5.74) is 2.94. The summed E-state index contributed by atoms with van der Waals surface area (Å²) in [7, 11) is 3.17. The molecule has 0 bridgehead atoms. The summed E-state index contributed by atoms with van der Waals surface area (Å²) >= 11 is 0. The lowest BCUT2D eigenvalue weighted by Gasteiger charge is -2.19. The number of nitrogens with zero attached hydrogens (tertiary/aromatic N) is 2. The topological polar surface area (TPSA) is 96.5 Å². The Morgan fingerprint density at radius 1 is 1.28 bits per heavy atom. The van der Waals surface area contributed by atoms with E-state index in [4.69, 9.17) is 9.47 Å². The number of carbonyl (C=O) groups is 2. The number of carbonyl (C=O) groups excluding carboxylic acids is 2. The van der Waals surface area contributed by atoms with Crippen molar-refractivity contribution in [1.29, 1.82) is 0 Å². The fourth-order valence-electron chi connectivity index (χ4n) is 3.56. The molecule has 0 radical (unpaired) electrons. The molecule has 1 aromatic heterocycles. The lowest BCUT2D eigenvalue weighted by Crippen LogP contribution is -2.28. The van der Waals surface area contributed by atoms with Gasteiger partial charge in [0.15, 0.2) is 0 Å². The number of ether oxygens (including phenoxy) is 2. The summed E-state index contributed by atoms with van der Waals surface area (Å²) in [4.78, 5) is 34.5. The number of aromatic amines is 1. The molecule has 2 amide bonds. The first-order valence-electron chi connectivity index (χ1n) is 9.31. The van der Waals surface area contributed by atoms with Gasteiger partial charge in [0.2, 0.25) is 11.8 Å². The third kappa shape index (κ3) is 3.79. The summed E-state index contributed by atoms with van der Waals surface area (Å²) in [6.07, 6.45) is 0.161. The smallest absolute Gasteiger partial charge is 0.229 e. The average Bonchev–Trinajstić information content (AvgIpc) is 3.30. The summed E-state index contributed by atoms with van der Waals surface area (Å²) < 4.78 is 10.4. The number of hydrogen-bond donors (Lipinski definition) is 2. The van der Waals surface area contributed by atoms with Crippen molar-refractivity contribution >= 4 is 34.2 Å². The first-order valence-corrected chi connectivity index (χ1v) is 9.31. The van der Waals surface area contributed by atoms with E-state index in [1.54, 1.807) is 31.3 Å². The minimum Gasteiger partial charge on any atom is -0.495 e. The summed E-state index contributed by atoms with van der Waals surface area (Å²) in [6.45, 7) is 0.703. The Bertz CT molecular complexity index is 1060. The van der Waals surface area contributed by atoms with Crippen LogP contribution in [0.25, 0.3) is 11.0 Å². The van der Waals surface area contributed by atoms with E-state index in [0.717, 1.165) is 16.9 Å². The Morgan fingerprint density at radius 3 is 2.90 bits per heavy atom. The highest BCUT2D eigenvalue weighted by Crippen LogP contribution is 2.33. The molecule has 1 aliphatic heterocycles. The van der Waals surface area contributed by atoms with Crippen molar-refractivity contribution in [1.82, 2.24) is 9.97 Å². The minimum absolute atomic E-state index is 0.0946. The van der Waals surface area contributed by atoms with Crippen molar-refractivity contribution in [3.05, 3.63) is 48.3 Å². The number of anilines is 2. The third-order valence-electron chi connectivity index (χ3n) is 4.95. The van der Waals surface area contributed by atoms with Gasteiger partial charge >= 0.3 is 0 Å². The van der Waals surface area contributed by atoms with Crippen molar-refractivity contribution in [2.75, 3.05) is 31.0 Å². The van der Waals surface area contributed by atoms with E-state index in [9.17, 15) is 9.59 Å². The molecule has 8 nitrogen and oxygen atoms in total. The van der Waals surface area contributed by atoms with Gasteiger partial charge in [-0.2, -0.15) is 0 Å². The van der Waals surface area contributed by atoms with Crippen molar-refractivity contribution in [3.63, 3.8) is 0 Å². The monoisotopic (exact) mass is 394 g/mol. The normalized spacial score (nSPS) is 16.4. The predicted molar refractivity (Wildman–Crippen MR) is 109 cm³/mol. The molecule has 0 unspecified atom stereocenters. The number of nitrogens with one attached hydrogen (secondary N) is 2. The van der Waals surface area contributed by atoms with E-state index in [1.807, 2.05) is 30.3 Å². The molecule has 4 rings (SSSR count). The van der Waals surface area contributed by atoms with E-state index < -0.39 is 5.92 Å². The Labute approximate surface area is 167 Å². The van der Waals surface area contributed by atoms with Crippen LogP contribution in [0.1, 0.15) is 12.2 Å². The number of aromatic nitrogens is 2. The van der Waals surface area contributed by atoms with Gasteiger partial charge in [-0.1, -0.05) is 12.1 Å². The maximum absolute atomic E-state index is 12.8. The van der Waals surface area contributed by atoms with Crippen molar-refractivity contribution in [2.45, 2.75) is 13.0 Å². The molecule has 1 aliphatic rings. The van der Waals surface area contributed by atoms with Crippen molar-refractivity contribution in [3.8, 4) is 5.75 Å². The molecular formula is C21H22N4O4. The van der Waals surface area contributed by atoms with Crippen LogP contribution in [-0.4, -0.2) is 42.5 Å². The van der Waals surface area contributed by atoms with Gasteiger partial charge in [0.05, 0.1) is 29.7 Å². The maximum Gasteiger partial charge on any atom is 0.229 e. The molecular weight excluding hydrogens is 372 g/mol. The van der Waals surface area contributed by atoms with Gasteiger partial charge in [-0.25, -0.2) is 4.98 Å². The van der Waals surface area contributed by atoms with E-state index in [2.05, 4.69) is 15.3 Å². The quantitative estimate of drug-likeness (QED) is 0.670. The van der Waals surface area contributed by atoms with Crippen molar-refractivity contribution in [2.24, 2.45) is 5.92 Å². The molecule has 1 atom stereocenters. The van der Waals surface area contributed by atoms with Gasteiger partial charge < -0.3 is 24.7 Å². The molecule has 3 aromatic rings. The van der Waals surface area contributed by atoms with Crippen LogP contribution in [0.2, 0.25) is 0 Å². The average molecular weight is 394 g/mol. The zero-order valence-electron chi connectivity index (χ0n) is 16.3. The summed E-state index contributed by atoms with van der Waals surface area (Å²) in [6, 6.07) is 12.8. The number of rotatable bonds is 6. The number of para-hydroxylation sites is 2. The summed E-state index contributed by atoms with van der Waals surface area (Å²) in [5.74, 6) is 0.613. The van der Waals surface area contributed by atoms with E-state index in [-0.39, 0.29) is 18.2 Å². The Balaban J connectivity index is 1.47. The highest BCUT2D eigenvalue weighted by molar-refractivity contribution is 6.04. The molecule has 150 valence electrons. The van der Waals surface area contributed by atoms with Gasteiger partial charge in [-0.15, -0.1) is 0 Å². The second-order valence-electron chi connectivity index (χ2n) is 6.91. The predicted octanol–water partition coefficient (Wildman–Crippen LogP) is 2.71. The van der Waals surface area contributed by atoms with E-state index >= 15 is 0 Å². The second-order valence-corrected chi connectivity index (χ2v) is 6.91. The fraction of sp³-hybridized carbons (Fsp3) is 0.286. The van der Waals surface area contributed by atoms with Gasteiger partial charge in [-0.05, 0) is 30.3 Å². The lowest BCUT2D eigenvalue weighted by molar-refractivity contribution is -0.122. The first-order chi connectivity index (χ1) is 14.1. The van der Waals surface area contributed by atoms with E-state index in [0.29, 0.717) is 30.3 Å². The zero-order chi connectivity index (χ0) is 20.4. The number of imidazole rings is 1. The zero-order valence-corrected chi connectivity index (χ0v) is 16.3. The molecule has 1 fully saturated rings. The highest BCUT2D eigenvalue weighted by Gasteiger charge is 2.36. The summed E-state index contributed by atoms with van der Waals surface area (Å²) in [5, 5.41) is 2.91. The number of amides is 2. The van der Waals surface area contributed by atoms with Crippen LogP contribution in [0.4, 0.5) is 11.4 Å². The number of fused-ring (bicyclic) bond motifs is 1. The Kier molecular flexibility index (Phi) is 5.18. The molecule has 0 spiro atoms. The number of H-pyrrole nitrogens is 1. The second kappa shape index (κ2) is 7.92. The number of benzene rings is 2. The Hall–Kier alpha value is -3.39. The molecule has 0 aliphatic carbocycles. The van der Waals surface area contributed by atoms with Crippen molar-refractivity contribution < 1.29 is 19.1 Å². The van der Waals surface area contributed by atoms with Gasteiger partial charge in [0.25, 0.3) is 0 Å². The molecule has 0 saturated carbocycles. The van der Waals surface area contributed by atoms with Crippen LogP contribution in [0.3, 0.4) is 0 Å². The third-order valence-corrected chi connectivity index (χ3v) is 4.95. The largest absolute Gasteiger partial charge is 0.495 e. The highest BCUT2D eigenvalue weighted by atomic mass is 16.5. The number of methoxy groups -OCH3 is 2. The molecule has 2 heterocycles. The van der Waals surface area contributed by atoms with Crippen LogP contribution in [0, 0.1) is 5.92 Å².